The Labute approximate surface area is 106 Å². The van der Waals surface area contributed by atoms with Gasteiger partial charge in [-0.05, 0) is 0 Å². The van der Waals surface area contributed by atoms with Crippen LogP contribution in [-0.2, 0) is 24.2 Å². The van der Waals surface area contributed by atoms with E-state index in [0.717, 1.165) is 20.2 Å². The molecule has 7 nitrogen and oxygen atoms in total. The largest absolute Gasteiger partial charge is 0.468 e. The Balaban J connectivity index is 2.39. The van der Waals surface area contributed by atoms with Crippen LogP contribution in [0.25, 0.3) is 0 Å². The first kappa shape index (κ1) is 14.9. The normalized spacial score (nSPS) is 16.4. The van der Waals surface area contributed by atoms with Gasteiger partial charge in [0.2, 0.25) is 5.91 Å². The molecule has 1 amide bonds. The molecule has 104 valence electrons. The number of nitrogens with one attached hydrogen (secondary N) is 1. The molecular formula is C10H18N2O5S. The van der Waals surface area contributed by atoms with Crippen LogP contribution in [0.3, 0.4) is 0 Å². The first-order valence-electron chi connectivity index (χ1n) is 5.70. The second-order valence-electron chi connectivity index (χ2n) is 4.05. The molecule has 1 N–H and O–H groups in total. The van der Waals surface area contributed by atoms with E-state index in [9.17, 15) is 18.0 Å². The molecule has 8 heteroatoms. The summed E-state index contributed by atoms with van der Waals surface area (Å²) < 4.78 is 27.3. The predicted molar refractivity (Wildman–Crippen MR) is 64.7 cm³/mol. The van der Waals surface area contributed by atoms with Crippen LogP contribution in [0.5, 0.6) is 0 Å². The number of esters is 1. The summed E-state index contributed by atoms with van der Waals surface area (Å²) in [6.45, 7) is 2.63. The second kappa shape index (κ2) is 6.69. The maximum Gasteiger partial charge on any atom is 0.320 e. The maximum atomic E-state index is 11.7. The van der Waals surface area contributed by atoms with Crippen LogP contribution in [0, 0.1) is 0 Å². The lowest BCUT2D eigenvalue weighted by Gasteiger charge is -2.27. The van der Waals surface area contributed by atoms with Crippen LogP contribution in [-0.4, -0.2) is 70.0 Å². The highest BCUT2D eigenvalue weighted by atomic mass is 32.2. The summed E-state index contributed by atoms with van der Waals surface area (Å²) in [6, 6.07) is 0. The Morgan fingerprint density at radius 2 is 1.89 bits per heavy atom. The van der Waals surface area contributed by atoms with Gasteiger partial charge in [-0.1, -0.05) is 0 Å². The van der Waals surface area contributed by atoms with Crippen molar-refractivity contribution in [1.82, 2.24) is 10.2 Å². The molecule has 1 aliphatic rings. The topological polar surface area (TPSA) is 92.8 Å². The van der Waals surface area contributed by atoms with Crippen molar-refractivity contribution in [2.45, 2.75) is 6.42 Å². The van der Waals surface area contributed by atoms with Gasteiger partial charge in [0.05, 0.1) is 12.9 Å². The smallest absolute Gasteiger partial charge is 0.320 e. The van der Waals surface area contributed by atoms with E-state index >= 15 is 0 Å². The van der Waals surface area contributed by atoms with Gasteiger partial charge in [-0.25, -0.2) is 8.42 Å². The van der Waals surface area contributed by atoms with Gasteiger partial charge in [-0.3, -0.25) is 9.59 Å². The van der Waals surface area contributed by atoms with Crippen LogP contribution < -0.4 is 5.32 Å². The Morgan fingerprint density at radius 1 is 1.28 bits per heavy atom. The molecule has 0 saturated carbocycles. The number of carbonyl (C=O) groups excluding carboxylic acids is 2. The molecule has 0 spiro atoms. The van der Waals surface area contributed by atoms with Crippen molar-refractivity contribution in [3.63, 3.8) is 0 Å². The zero-order chi connectivity index (χ0) is 13.6. The van der Waals surface area contributed by atoms with Crippen molar-refractivity contribution < 1.29 is 22.7 Å². The Morgan fingerprint density at radius 3 is 2.44 bits per heavy atom. The number of amides is 1. The van der Waals surface area contributed by atoms with Crippen LogP contribution in [0.15, 0.2) is 0 Å². The maximum absolute atomic E-state index is 11.7. The highest BCUT2D eigenvalue weighted by Crippen LogP contribution is 2.01. The SMILES string of the molecule is COC(=O)CS(=O)(=O)CCC(=O)N1CCNCC1. The van der Waals surface area contributed by atoms with E-state index in [1.807, 2.05) is 0 Å². The van der Waals surface area contributed by atoms with Gasteiger partial charge in [-0.15, -0.1) is 0 Å². The van der Waals surface area contributed by atoms with Gasteiger partial charge in [-0.2, -0.15) is 0 Å². The molecule has 0 bridgehead atoms. The Bertz CT molecular complexity index is 400. The third-order valence-corrected chi connectivity index (χ3v) is 4.16. The molecule has 0 aromatic rings. The van der Waals surface area contributed by atoms with Crippen molar-refractivity contribution in [3.05, 3.63) is 0 Å². The quantitative estimate of drug-likeness (QED) is 0.609. The lowest BCUT2D eigenvalue weighted by Crippen LogP contribution is -2.46. The molecule has 0 aromatic carbocycles. The molecule has 0 atom stereocenters. The fourth-order valence-electron chi connectivity index (χ4n) is 1.63. The minimum Gasteiger partial charge on any atom is -0.468 e. The molecule has 1 saturated heterocycles. The molecule has 0 unspecified atom stereocenters. The zero-order valence-corrected chi connectivity index (χ0v) is 11.2. The number of nitrogens with zero attached hydrogens (tertiary/aromatic N) is 1. The van der Waals surface area contributed by atoms with E-state index in [1.165, 1.54) is 0 Å². The van der Waals surface area contributed by atoms with Gasteiger partial charge >= 0.3 is 5.97 Å². The predicted octanol–water partition coefficient (Wildman–Crippen LogP) is -1.60. The summed E-state index contributed by atoms with van der Waals surface area (Å²) in [6.07, 6.45) is -0.0840. The molecule has 1 rings (SSSR count). The number of sulfone groups is 1. The zero-order valence-electron chi connectivity index (χ0n) is 10.3. The molecule has 0 aliphatic carbocycles. The van der Waals surface area contributed by atoms with Gasteiger partial charge < -0.3 is 15.0 Å². The summed E-state index contributed by atoms with van der Waals surface area (Å²) in [4.78, 5) is 24.2. The van der Waals surface area contributed by atoms with Crippen LogP contribution in [0.4, 0.5) is 0 Å². The Hall–Kier alpha value is -1.15. The number of hydrogen-bond donors (Lipinski definition) is 1. The number of hydrogen-bond acceptors (Lipinski definition) is 6. The van der Waals surface area contributed by atoms with Gasteiger partial charge in [0.25, 0.3) is 0 Å². The summed E-state index contributed by atoms with van der Waals surface area (Å²) >= 11 is 0. The summed E-state index contributed by atoms with van der Waals surface area (Å²) in [5.41, 5.74) is 0. The lowest BCUT2D eigenvalue weighted by atomic mass is 10.3. The van der Waals surface area contributed by atoms with Crippen LogP contribution in [0.1, 0.15) is 6.42 Å². The average molecular weight is 278 g/mol. The monoisotopic (exact) mass is 278 g/mol. The highest BCUT2D eigenvalue weighted by molar-refractivity contribution is 7.92. The fraction of sp³-hybridized carbons (Fsp3) is 0.800. The van der Waals surface area contributed by atoms with E-state index in [1.54, 1.807) is 4.90 Å². The van der Waals surface area contributed by atoms with E-state index < -0.39 is 21.6 Å². The van der Waals surface area contributed by atoms with Crippen molar-refractivity contribution in [3.8, 4) is 0 Å². The van der Waals surface area contributed by atoms with E-state index in [4.69, 9.17) is 0 Å². The summed E-state index contributed by atoms with van der Waals surface area (Å²) in [5, 5.41) is 3.10. The van der Waals surface area contributed by atoms with Gasteiger partial charge in [0.1, 0.15) is 5.75 Å². The van der Waals surface area contributed by atoms with E-state index in [0.29, 0.717) is 13.1 Å². The molecule has 0 aromatic heterocycles. The lowest BCUT2D eigenvalue weighted by molar-refractivity contribution is -0.137. The van der Waals surface area contributed by atoms with Crippen molar-refractivity contribution in [2.75, 3.05) is 44.8 Å². The minimum atomic E-state index is -3.56. The molecule has 18 heavy (non-hydrogen) atoms. The Kier molecular flexibility index (Phi) is 5.54. The third-order valence-electron chi connectivity index (χ3n) is 2.66. The van der Waals surface area contributed by atoms with Crippen LogP contribution >= 0.6 is 0 Å². The molecule has 0 radical (unpaired) electrons. The second-order valence-corrected chi connectivity index (χ2v) is 6.23. The number of methoxy groups -OCH3 is 1. The van der Waals surface area contributed by atoms with Crippen molar-refractivity contribution >= 4 is 21.7 Å². The first-order valence-corrected chi connectivity index (χ1v) is 7.52. The number of carbonyl (C=O) groups is 2. The number of rotatable bonds is 5. The van der Waals surface area contributed by atoms with Gasteiger partial charge in [0.15, 0.2) is 9.84 Å². The summed E-state index contributed by atoms with van der Waals surface area (Å²) in [7, 11) is -2.44. The standard InChI is InChI=1S/C10H18N2O5S/c1-17-10(14)8-18(15,16)7-2-9(13)12-5-3-11-4-6-12/h11H,2-8H2,1H3. The van der Waals surface area contributed by atoms with E-state index in [-0.39, 0.29) is 18.1 Å². The fourth-order valence-corrected chi connectivity index (χ4v) is 2.73. The molecule has 1 aliphatic heterocycles. The van der Waals surface area contributed by atoms with Crippen LogP contribution in [0.2, 0.25) is 0 Å². The highest BCUT2D eigenvalue weighted by Gasteiger charge is 2.21. The first-order chi connectivity index (χ1) is 8.44. The minimum absolute atomic E-state index is 0.0840. The number of ether oxygens (including phenoxy) is 1. The molecular weight excluding hydrogens is 260 g/mol. The average Bonchev–Trinajstić information content (AvgIpc) is 2.36. The molecule has 1 fully saturated rings. The van der Waals surface area contributed by atoms with E-state index in [2.05, 4.69) is 10.1 Å². The van der Waals surface area contributed by atoms with Gasteiger partial charge in [0, 0.05) is 32.6 Å². The van der Waals surface area contributed by atoms with Crippen molar-refractivity contribution in [1.29, 1.82) is 0 Å². The third kappa shape index (κ3) is 5.01. The molecule has 1 heterocycles. The summed E-state index contributed by atoms with van der Waals surface area (Å²) in [5.74, 6) is -1.97. The number of piperazine rings is 1. The van der Waals surface area contributed by atoms with Crippen molar-refractivity contribution in [2.24, 2.45) is 0 Å².